The lowest BCUT2D eigenvalue weighted by Gasteiger charge is -2.32. The number of nitrogens with one attached hydrogen (secondary N) is 2. The summed E-state index contributed by atoms with van der Waals surface area (Å²) < 4.78 is 0. The Balaban J connectivity index is 1.34. The summed E-state index contributed by atoms with van der Waals surface area (Å²) >= 11 is 1.84. The second-order valence-electron chi connectivity index (χ2n) is 6.59. The first-order valence-electron chi connectivity index (χ1n) is 8.54. The number of carbonyl (C=O) groups excluding carboxylic acids is 1. The highest BCUT2D eigenvalue weighted by Crippen LogP contribution is 2.20. The predicted octanol–water partition coefficient (Wildman–Crippen LogP) is 2.08. The average molecular weight is 321 g/mol. The van der Waals surface area contributed by atoms with E-state index in [4.69, 9.17) is 0 Å². The third-order valence-electron chi connectivity index (χ3n) is 4.90. The van der Waals surface area contributed by atoms with E-state index < -0.39 is 0 Å². The number of amides is 1. The summed E-state index contributed by atoms with van der Waals surface area (Å²) in [6, 6.07) is 4.34. The van der Waals surface area contributed by atoms with Gasteiger partial charge in [0, 0.05) is 24.5 Å². The Labute approximate surface area is 137 Å². The minimum atomic E-state index is 0.188. The molecule has 2 saturated heterocycles. The molecule has 5 heteroatoms. The standard InChI is InChI=1S/C17H27N3OS/c21-17(15-3-1-7-18-12-15)19-11-14-5-8-20(9-6-14)13-16-4-2-10-22-16/h2,4,10,14-15,18H,1,3,5-9,11-13H2,(H,19,21). The van der Waals surface area contributed by atoms with Crippen molar-refractivity contribution in [3.05, 3.63) is 22.4 Å². The summed E-state index contributed by atoms with van der Waals surface area (Å²) in [5, 5.41) is 8.65. The smallest absolute Gasteiger partial charge is 0.224 e. The molecule has 4 nitrogen and oxygen atoms in total. The Bertz CT molecular complexity index is 448. The van der Waals surface area contributed by atoms with Crippen molar-refractivity contribution >= 4 is 17.2 Å². The van der Waals surface area contributed by atoms with E-state index in [1.54, 1.807) is 0 Å². The molecule has 1 aromatic rings. The van der Waals surface area contributed by atoms with E-state index in [1.807, 2.05) is 11.3 Å². The van der Waals surface area contributed by atoms with E-state index >= 15 is 0 Å². The number of rotatable bonds is 5. The van der Waals surface area contributed by atoms with Crippen molar-refractivity contribution < 1.29 is 4.79 Å². The fourth-order valence-corrected chi connectivity index (χ4v) is 4.18. The SMILES string of the molecule is O=C(NCC1CCN(Cc2cccs2)CC1)C1CCCNC1. The van der Waals surface area contributed by atoms with Crippen molar-refractivity contribution in [2.45, 2.75) is 32.2 Å². The van der Waals surface area contributed by atoms with Gasteiger partial charge in [-0.3, -0.25) is 9.69 Å². The van der Waals surface area contributed by atoms with E-state index in [0.717, 1.165) is 52.1 Å². The Morgan fingerprint density at radius 1 is 1.36 bits per heavy atom. The van der Waals surface area contributed by atoms with Crippen LogP contribution in [0, 0.1) is 11.8 Å². The third kappa shape index (κ3) is 4.54. The van der Waals surface area contributed by atoms with Crippen LogP contribution >= 0.6 is 11.3 Å². The van der Waals surface area contributed by atoms with Crippen molar-refractivity contribution in [2.75, 3.05) is 32.7 Å². The zero-order valence-electron chi connectivity index (χ0n) is 13.2. The lowest BCUT2D eigenvalue weighted by Crippen LogP contribution is -2.43. The van der Waals surface area contributed by atoms with Crippen LogP contribution in [0.3, 0.4) is 0 Å². The van der Waals surface area contributed by atoms with Crippen LogP contribution in [-0.4, -0.2) is 43.5 Å². The molecule has 122 valence electrons. The summed E-state index contributed by atoms with van der Waals surface area (Å²) in [5.74, 6) is 1.10. The summed E-state index contributed by atoms with van der Waals surface area (Å²) in [5.41, 5.74) is 0. The molecule has 0 spiro atoms. The van der Waals surface area contributed by atoms with Gasteiger partial charge in [0.2, 0.25) is 5.91 Å². The first kappa shape index (κ1) is 16.0. The highest BCUT2D eigenvalue weighted by molar-refractivity contribution is 7.09. The zero-order valence-corrected chi connectivity index (χ0v) is 14.0. The summed E-state index contributed by atoms with van der Waals surface area (Å²) in [4.78, 5) is 16.1. The van der Waals surface area contributed by atoms with E-state index in [2.05, 4.69) is 33.0 Å². The van der Waals surface area contributed by atoms with Gasteiger partial charge in [0.05, 0.1) is 5.92 Å². The molecule has 2 aliphatic rings. The molecule has 1 unspecified atom stereocenters. The Morgan fingerprint density at radius 3 is 2.91 bits per heavy atom. The quantitative estimate of drug-likeness (QED) is 0.873. The maximum absolute atomic E-state index is 12.2. The topological polar surface area (TPSA) is 44.4 Å². The number of thiophene rings is 1. The molecular weight excluding hydrogens is 294 g/mol. The predicted molar refractivity (Wildman–Crippen MR) is 90.9 cm³/mol. The molecule has 1 atom stereocenters. The Morgan fingerprint density at radius 2 is 2.23 bits per heavy atom. The lowest BCUT2D eigenvalue weighted by molar-refractivity contribution is -0.125. The van der Waals surface area contributed by atoms with Crippen LogP contribution in [0.1, 0.15) is 30.6 Å². The molecule has 3 heterocycles. The van der Waals surface area contributed by atoms with Gasteiger partial charge in [-0.1, -0.05) is 6.07 Å². The number of hydrogen-bond donors (Lipinski definition) is 2. The summed E-state index contributed by atoms with van der Waals surface area (Å²) in [6.45, 7) is 6.18. The number of likely N-dealkylation sites (tertiary alicyclic amines) is 1. The van der Waals surface area contributed by atoms with Crippen LogP contribution in [0.15, 0.2) is 17.5 Å². The molecule has 2 N–H and O–H groups in total. The number of hydrogen-bond acceptors (Lipinski definition) is 4. The van der Waals surface area contributed by atoms with Crippen LogP contribution in [0.4, 0.5) is 0 Å². The van der Waals surface area contributed by atoms with Gasteiger partial charge < -0.3 is 10.6 Å². The summed E-state index contributed by atoms with van der Waals surface area (Å²) in [7, 11) is 0. The maximum Gasteiger partial charge on any atom is 0.224 e. The highest BCUT2D eigenvalue weighted by atomic mass is 32.1. The zero-order chi connectivity index (χ0) is 15.2. The van der Waals surface area contributed by atoms with E-state index in [9.17, 15) is 4.79 Å². The minimum Gasteiger partial charge on any atom is -0.356 e. The van der Waals surface area contributed by atoms with Crippen LogP contribution in [0.25, 0.3) is 0 Å². The second-order valence-corrected chi connectivity index (χ2v) is 7.62. The van der Waals surface area contributed by atoms with Crippen LogP contribution in [0.5, 0.6) is 0 Å². The highest BCUT2D eigenvalue weighted by Gasteiger charge is 2.23. The van der Waals surface area contributed by atoms with Crippen molar-refractivity contribution in [1.29, 1.82) is 0 Å². The first-order chi connectivity index (χ1) is 10.8. The van der Waals surface area contributed by atoms with Crippen molar-refractivity contribution in [2.24, 2.45) is 11.8 Å². The fraction of sp³-hybridized carbons (Fsp3) is 0.706. The Hall–Kier alpha value is -0.910. The van der Waals surface area contributed by atoms with Crippen molar-refractivity contribution in [3.8, 4) is 0 Å². The van der Waals surface area contributed by atoms with Gasteiger partial charge in [-0.25, -0.2) is 0 Å². The molecule has 0 bridgehead atoms. The molecular formula is C17H27N3OS. The van der Waals surface area contributed by atoms with Crippen molar-refractivity contribution in [3.63, 3.8) is 0 Å². The number of nitrogens with zero attached hydrogens (tertiary/aromatic N) is 1. The molecule has 0 radical (unpaired) electrons. The summed E-state index contributed by atoms with van der Waals surface area (Å²) in [6.07, 6.45) is 4.57. The average Bonchev–Trinajstić information content (AvgIpc) is 3.08. The third-order valence-corrected chi connectivity index (χ3v) is 5.76. The van der Waals surface area contributed by atoms with Gasteiger partial charge in [0.1, 0.15) is 0 Å². The fourth-order valence-electron chi connectivity index (χ4n) is 3.44. The maximum atomic E-state index is 12.2. The minimum absolute atomic E-state index is 0.188. The van der Waals surface area contributed by atoms with Gasteiger partial charge in [-0.2, -0.15) is 0 Å². The normalized spacial score (nSPS) is 24.3. The lowest BCUT2D eigenvalue weighted by atomic mass is 9.95. The van der Waals surface area contributed by atoms with E-state index in [0.29, 0.717) is 5.92 Å². The van der Waals surface area contributed by atoms with Gasteiger partial charge in [-0.05, 0) is 62.7 Å². The van der Waals surface area contributed by atoms with E-state index in [1.165, 1.54) is 17.7 Å². The van der Waals surface area contributed by atoms with Crippen molar-refractivity contribution in [1.82, 2.24) is 15.5 Å². The molecule has 0 saturated carbocycles. The molecule has 22 heavy (non-hydrogen) atoms. The molecule has 0 aliphatic carbocycles. The Kier molecular flexibility index (Phi) is 5.87. The molecule has 0 aromatic carbocycles. The largest absolute Gasteiger partial charge is 0.356 e. The molecule has 1 aromatic heterocycles. The monoisotopic (exact) mass is 321 g/mol. The molecule has 2 fully saturated rings. The van der Waals surface area contributed by atoms with Gasteiger partial charge >= 0.3 is 0 Å². The molecule has 2 aliphatic heterocycles. The van der Waals surface area contributed by atoms with Crippen LogP contribution in [0.2, 0.25) is 0 Å². The number of carbonyl (C=O) groups is 1. The molecule has 1 amide bonds. The van der Waals surface area contributed by atoms with Gasteiger partial charge in [0.25, 0.3) is 0 Å². The molecule has 3 rings (SSSR count). The first-order valence-corrected chi connectivity index (χ1v) is 9.42. The van der Waals surface area contributed by atoms with Gasteiger partial charge in [0.15, 0.2) is 0 Å². The van der Waals surface area contributed by atoms with Crippen LogP contribution in [-0.2, 0) is 11.3 Å². The number of piperidine rings is 2. The van der Waals surface area contributed by atoms with Gasteiger partial charge in [-0.15, -0.1) is 11.3 Å². The second kappa shape index (κ2) is 8.09. The van der Waals surface area contributed by atoms with E-state index in [-0.39, 0.29) is 11.8 Å². The van der Waals surface area contributed by atoms with Crippen LogP contribution < -0.4 is 10.6 Å².